The third-order valence-corrected chi connectivity index (χ3v) is 3.78. The van der Waals surface area contributed by atoms with Crippen LogP contribution in [0.1, 0.15) is 26.3 Å². The number of rotatable bonds is 2. The lowest BCUT2D eigenvalue weighted by Crippen LogP contribution is -2.11. The first-order valence-corrected chi connectivity index (χ1v) is 7.40. The maximum absolute atomic E-state index is 10.3. The summed E-state index contributed by atoms with van der Waals surface area (Å²) in [6.45, 7) is 6.49. The molecule has 0 aliphatic carbocycles. The van der Waals surface area contributed by atoms with Crippen molar-refractivity contribution >= 4 is 0 Å². The second-order valence-electron chi connectivity index (χ2n) is 6.45. The number of phenolic OH excluding ortho intramolecular Hbond substituents is 1. The first-order valence-electron chi connectivity index (χ1n) is 7.40. The fraction of sp³-hybridized carbons (Fsp3) is 0.211. The van der Waals surface area contributed by atoms with Gasteiger partial charge in [0.25, 0.3) is 0 Å². The summed E-state index contributed by atoms with van der Waals surface area (Å²) < 4.78 is 1.85. The molecule has 0 radical (unpaired) electrons. The minimum atomic E-state index is 0.0278. The predicted octanol–water partition coefficient (Wildman–Crippen LogP) is 4.54. The summed E-state index contributed by atoms with van der Waals surface area (Å²) in [5, 5.41) is 14.7. The smallest absolute Gasteiger partial charge is 0.124 e. The van der Waals surface area contributed by atoms with Crippen molar-refractivity contribution in [3.8, 4) is 22.7 Å². The van der Waals surface area contributed by atoms with Gasteiger partial charge in [0.2, 0.25) is 0 Å². The number of hydrogen-bond acceptors (Lipinski definition) is 2. The molecule has 1 heterocycles. The van der Waals surface area contributed by atoms with Crippen molar-refractivity contribution < 1.29 is 5.11 Å². The summed E-state index contributed by atoms with van der Waals surface area (Å²) in [4.78, 5) is 0. The third-order valence-electron chi connectivity index (χ3n) is 3.78. The third kappa shape index (κ3) is 2.62. The molecule has 0 aliphatic rings. The van der Waals surface area contributed by atoms with E-state index in [1.807, 2.05) is 53.2 Å². The number of benzene rings is 2. The molecule has 1 aromatic heterocycles. The number of aromatic hydroxyl groups is 1. The molecule has 3 aromatic rings. The van der Waals surface area contributed by atoms with E-state index in [0.717, 1.165) is 16.9 Å². The average Bonchev–Trinajstić information content (AvgIpc) is 2.96. The van der Waals surface area contributed by atoms with Gasteiger partial charge >= 0.3 is 0 Å². The van der Waals surface area contributed by atoms with Crippen molar-refractivity contribution in [1.29, 1.82) is 0 Å². The SMILES string of the molecule is CC(C)(C)c1ccc(O)c(-c2ccnn2-c2ccccc2)c1. The molecule has 3 nitrogen and oxygen atoms in total. The minimum absolute atomic E-state index is 0.0278. The van der Waals surface area contributed by atoms with Gasteiger partial charge in [-0.1, -0.05) is 45.0 Å². The van der Waals surface area contributed by atoms with E-state index >= 15 is 0 Å². The summed E-state index contributed by atoms with van der Waals surface area (Å²) in [5.41, 5.74) is 3.87. The molecule has 112 valence electrons. The quantitative estimate of drug-likeness (QED) is 0.753. The molecule has 0 aliphatic heterocycles. The Bertz CT molecular complexity index is 783. The molecule has 0 saturated carbocycles. The van der Waals surface area contributed by atoms with Crippen LogP contribution in [0.5, 0.6) is 5.75 Å². The molecule has 0 bridgehead atoms. The summed E-state index contributed by atoms with van der Waals surface area (Å²) in [5.74, 6) is 0.269. The molecule has 0 fully saturated rings. The molecular weight excluding hydrogens is 272 g/mol. The number of phenols is 1. The molecule has 0 amide bonds. The van der Waals surface area contributed by atoms with Gasteiger partial charge in [-0.15, -0.1) is 0 Å². The first-order chi connectivity index (χ1) is 10.5. The lowest BCUT2D eigenvalue weighted by atomic mass is 9.85. The van der Waals surface area contributed by atoms with Gasteiger partial charge in [0.15, 0.2) is 0 Å². The lowest BCUT2D eigenvalue weighted by molar-refractivity contribution is 0.475. The summed E-state index contributed by atoms with van der Waals surface area (Å²) in [6, 6.07) is 17.6. The van der Waals surface area contributed by atoms with Crippen LogP contribution in [0.3, 0.4) is 0 Å². The highest BCUT2D eigenvalue weighted by molar-refractivity contribution is 5.69. The van der Waals surface area contributed by atoms with Crippen molar-refractivity contribution in [2.75, 3.05) is 0 Å². The highest BCUT2D eigenvalue weighted by Gasteiger charge is 2.18. The van der Waals surface area contributed by atoms with Gasteiger partial charge in [-0.3, -0.25) is 0 Å². The summed E-state index contributed by atoms with van der Waals surface area (Å²) in [6.07, 6.45) is 1.76. The van der Waals surface area contributed by atoms with Crippen LogP contribution in [0, 0.1) is 0 Å². The van der Waals surface area contributed by atoms with Crippen LogP contribution < -0.4 is 0 Å². The van der Waals surface area contributed by atoms with Crippen LogP contribution in [0.2, 0.25) is 0 Å². The molecule has 0 spiro atoms. The minimum Gasteiger partial charge on any atom is -0.507 e. The predicted molar refractivity (Wildman–Crippen MR) is 89.4 cm³/mol. The Morgan fingerprint density at radius 1 is 0.955 bits per heavy atom. The summed E-state index contributed by atoms with van der Waals surface area (Å²) >= 11 is 0. The van der Waals surface area contributed by atoms with Crippen LogP contribution in [-0.4, -0.2) is 14.9 Å². The second-order valence-corrected chi connectivity index (χ2v) is 6.45. The maximum Gasteiger partial charge on any atom is 0.124 e. The van der Waals surface area contributed by atoms with E-state index < -0.39 is 0 Å². The highest BCUT2D eigenvalue weighted by Crippen LogP contribution is 2.34. The van der Waals surface area contributed by atoms with E-state index in [-0.39, 0.29) is 11.2 Å². The van der Waals surface area contributed by atoms with E-state index in [0.29, 0.717) is 0 Å². The van der Waals surface area contributed by atoms with Crippen molar-refractivity contribution in [3.63, 3.8) is 0 Å². The van der Waals surface area contributed by atoms with Gasteiger partial charge in [-0.05, 0) is 41.3 Å². The van der Waals surface area contributed by atoms with E-state index in [9.17, 15) is 5.11 Å². The highest BCUT2D eigenvalue weighted by atomic mass is 16.3. The molecule has 0 unspecified atom stereocenters. The van der Waals surface area contributed by atoms with Gasteiger partial charge in [-0.2, -0.15) is 5.10 Å². The maximum atomic E-state index is 10.3. The fourth-order valence-electron chi connectivity index (χ4n) is 2.49. The normalized spacial score (nSPS) is 11.6. The Morgan fingerprint density at radius 3 is 2.36 bits per heavy atom. The second kappa shape index (κ2) is 5.34. The topological polar surface area (TPSA) is 38.1 Å². The van der Waals surface area contributed by atoms with Crippen LogP contribution in [-0.2, 0) is 5.41 Å². The zero-order chi connectivity index (χ0) is 15.7. The first kappa shape index (κ1) is 14.4. The Labute approximate surface area is 130 Å². The van der Waals surface area contributed by atoms with Crippen molar-refractivity contribution in [3.05, 3.63) is 66.4 Å². The Hall–Kier alpha value is -2.55. The van der Waals surface area contributed by atoms with Gasteiger partial charge in [0, 0.05) is 5.56 Å². The van der Waals surface area contributed by atoms with E-state index in [4.69, 9.17) is 0 Å². The number of hydrogen-bond donors (Lipinski definition) is 1. The van der Waals surface area contributed by atoms with Crippen molar-refractivity contribution in [2.24, 2.45) is 0 Å². The van der Waals surface area contributed by atoms with E-state index in [1.165, 1.54) is 5.56 Å². The standard InChI is InChI=1S/C19H20N2O/c1-19(2,3)14-9-10-18(22)16(13-14)17-11-12-20-21(17)15-7-5-4-6-8-15/h4-13,22H,1-3H3. The van der Waals surface area contributed by atoms with Gasteiger partial charge in [0.05, 0.1) is 17.6 Å². The largest absolute Gasteiger partial charge is 0.507 e. The van der Waals surface area contributed by atoms with Crippen molar-refractivity contribution in [1.82, 2.24) is 9.78 Å². The molecular formula is C19H20N2O. The fourth-order valence-corrected chi connectivity index (χ4v) is 2.49. The van der Waals surface area contributed by atoms with Crippen LogP contribution in [0.15, 0.2) is 60.8 Å². The zero-order valence-corrected chi connectivity index (χ0v) is 13.1. The van der Waals surface area contributed by atoms with Crippen LogP contribution in [0.4, 0.5) is 0 Å². The Balaban J connectivity index is 2.16. The molecule has 0 saturated heterocycles. The number of nitrogens with zero attached hydrogens (tertiary/aromatic N) is 2. The monoisotopic (exact) mass is 292 g/mol. The van der Waals surface area contributed by atoms with Gasteiger partial charge in [0.1, 0.15) is 5.75 Å². The Morgan fingerprint density at radius 2 is 1.68 bits per heavy atom. The van der Waals surface area contributed by atoms with Crippen molar-refractivity contribution in [2.45, 2.75) is 26.2 Å². The Kier molecular flexibility index (Phi) is 3.49. The molecule has 2 aromatic carbocycles. The zero-order valence-electron chi connectivity index (χ0n) is 13.1. The van der Waals surface area contributed by atoms with Gasteiger partial charge in [-0.25, -0.2) is 4.68 Å². The average molecular weight is 292 g/mol. The molecule has 3 heteroatoms. The van der Waals surface area contributed by atoms with Gasteiger partial charge < -0.3 is 5.11 Å². The van der Waals surface area contributed by atoms with Crippen LogP contribution in [0.25, 0.3) is 16.9 Å². The van der Waals surface area contributed by atoms with E-state index in [2.05, 4.69) is 25.9 Å². The molecule has 3 rings (SSSR count). The number of aromatic nitrogens is 2. The molecule has 0 atom stereocenters. The lowest BCUT2D eigenvalue weighted by Gasteiger charge is -2.20. The summed E-state index contributed by atoms with van der Waals surface area (Å²) in [7, 11) is 0. The molecule has 1 N–H and O–H groups in total. The molecule has 22 heavy (non-hydrogen) atoms. The van der Waals surface area contributed by atoms with E-state index in [1.54, 1.807) is 12.3 Å². The number of para-hydroxylation sites is 1. The van der Waals surface area contributed by atoms with Crippen LogP contribution >= 0.6 is 0 Å².